The van der Waals surface area contributed by atoms with Crippen molar-refractivity contribution >= 4 is 16.8 Å². The second-order valence-electron chi connectivity index (χ2n) is 6.18. The first-order chi connectivity index (χ1) is 13.1. The van der Waals surface area contributed by atoms with Gasteiger partial charge in [-0.3, -0.25) is 4.79 Å². The zero-order chi connectivity index (χ0) is 19.4. The van der Waals surface area contributed by atoms with Gasteiger partial charge < -0.3 is 24.1 Å². The molecule has 0 unspecified atom stereocenters. The summed E-state index contributed by atoms with van der Waals surface area (Å²) in [6.07, 6.45) is 0.694. The minimum atomic E-state index is -0.115. The normalized spacial score (nSPS) is 10.7. The van der Waals surface area contributed by atoms with Gasteiger partial charge in [0.25, 0.3) is 5.91 Å². The summed E-state index contributed by atoms with van der Waals surface area (Å²) < 4.78 is 17.8. The van der Waals surface area contributed by atoms with Crippen LogP contribution in [0.1, 0.15) is 16.1 Å². The van der Waals surface area contributed by atoms with E-state index in [1.165, 1.54) is 0 Å². The summed E-state index contributed by atoms with van der Waals surface area (Å²) in [5.74, 6) is 2.01. The predicted octanol–water partition coefficient (Wildman–Crippen LogP) is 3.18. The SMILES string of the molecule is COc1ccc(CCNC(=O)c2cc3c(OC)cccc3n2C)cc1OC. The molecule has 0 aliphatic rings. The molecule has 0 saturated heterocycles. The van der Waals surface area contributed by atoms with Crippen molar-refractivity contribution in [3.05, 3.63) is 53.7 Å². The Bertz CT molecular complexity index is 962. The predicted molar refractivity (Wildman–Crippen MR) is 105 cm³/mol. The minimum Gasteiger partial charge on any atom is -0.496 e. The first-order valence-electron chi connectivity index (χ1n) is 8.70. The maximum Gasteiger partial charge on any atom is 0.267 e. The van der Waals surface area contributed by atoms with E-state index in [4.69, 9.17) is 14.2 Å². The van der Waals surface area contributed by atoms with Gasteiger partial charge in [0.15, 0.2) is 11.5 Å². The number of hydrogen-bond donors (Lipinski definition) is 1. The van der Waals surface area contributed by atoms with E-state index in [-0.39, 0.29) is 5.91 Å². The van der Waals surface area contributed by atoms with Gasteiger partial charge in [0, 0.05) is 19.0 Å². The average molecular weight is 368 g/mol. The van der Waals surface area contributed by atoms with Gasteiger partial charge in [-0.1, -0.05) is 12.1 Å². The van der Waals surface area contributed by atoms with Crippen molar-refractivity contribution in [2.75, 3.05) is 27.9 Å². The third-order valence-electron chi connectivity index (χ3n) is 4.65. The fourth-order valence-electron chi connectivity index (χ4n) is 3.18. The Morgan fingerprint density at radius 1 is 0.963 bits per heavy atom. The number of aryl methyl sites for hydroxylation is 1. The van der Waals surface area contributed by atoms with Crippen LogP contribution in [0.2, 0.25) is 0 Å². The molecule has 0 aliphatic carbocycles. The molecule has 0 saturated carbocycles. The second-order valence-corrected chi connectivity index (χ2v) is 6.18. The van der Waals surface area contributed by atoms with Crippen molar-refractivity contribution in [3.63, 3.8) is 0 Å². The van der Waals surface area contributed by atoms with E-state index in [9.17, 15) is 4.79 Å². The zero-order valence-electron chi connectivity index (χ0n) is 16.0. The van der Waals surface area contributed by atoms with Gasteiger partial charge in [0.1, 0.15) is 11.4 Å². The van der Waals surface area contributed by atoms with Crippen LogP contribution >= 0.6 is 0 Å². The Morgan fingerprint density at radius 2 is 1.70 bits per heavy atom. The Hall–Kier alpha value is -3.15. The number of fused-ring (bicyclic) bond motifs is 1. The minimum absolute atomic E-state index is 0.115. The van der Waals surface area contributed by atoms with Gasteiger partial charge in [0.05, 0.1) is 26.8 Å². The summed E-state index contributed by atoms with van der Waals surface area (Å²) in [7, 11) is 6.73. The van der Waals surface area contributed by atoms with Gasteiger partial charge in [-0.25, -0.2) is 0 Å². The average Bonchev–Trinajstić information content (AvgIpc) is 3.04. The molecule has 142 valence electrons. The van der Waals surface area contributed by atoms with Crippen LogP contribution in [0.3, 0.4) is 0 Å². The largest absolute Gasteiger partial charge is 0.496 e. The number of ether oxygens (including phenoxy) is 3. The van der Waals surface area contributed by atoms with Crippen LogP contribution in [0.25, 0.3) is 10.9 Å². The van der Waals surface area contributed by atoms with E-state index in [2.05, 4.69) is 5.32 Å². The summed E-state index contributed by atoms with van der Waals surface area (Å²) in [6.45, 7) is 0.521. The number of amides is 1. The molecule has 0 bridgehead atoms. The molecule has 1 heterocycles. The molecular weight excluding hydrogens is 344 g/mol. The Kier molecular flexibility index (Phi) is 5.54. The number of rotatable bonds is 7. The van der Waals surface area contributed by atoms with Crippen molar-refractivity contribution in [1.29, 1.82) is 0 Å². The fourth-order valence-corrected chi connectivity index (χ4v) is 3.18. The Balaban J connectivity index is 1.70. The molecule has 1 aromatic heterocycles. The van der Waals surface area contributed by atoms with Gasteiger partial charge in [-0.15, -0.1) is 0 Å². The maximum absolute atomic E-state index is 12.6. The van der Waals surface area contributed by atoms with Crippen molar-refractivity contribution < 1.29 is 19.0 Å². The molecule has 27 heavy (non-hydrogen) atoms. The number of carbonyl (C=O) groups excluding carboxylic acids is 1. The van der Waals surface area contributed by atoms with Crippen LogP contribution in [-0.2, 0) is 13.5 Å². The van der Waals surface area contributed by atoms with Gasteiger partial charge >= 0.3 is 0 Å². The van der Waals surface area contributed by atoms with Crippen LogP contribution in [0.5, 0.6) is 17.2 Å². The van der Waals surface area contributed by atoms with Gasteiger partial charge in [0.2, 0.25) is 0 Å². The molecule has 6 heteroatoms. The third kappa shape index (κ3) is 3.69. The maximum atomic E-state index is 12.6. The van der Waals surface area contributed by atoms with E-state index in [1.54, 1.807) is 21.3 Å². The Morgan fingerprint density at radius 3 is 2.41 bits per heavy atom. The molecule has 1 N–H and O–H groups in total. The summed E-state index contributed by atoms with van der Waals surface area (Å²) in [4.78, 5) is 12.6. The number of carbonyl (C=O) groups is 1. The number of methoxy groups -OCH3 is 3. The lowest BCUT2D eigenvalue weighted by Gasteiger charge is -2.10. The van der Waals surface area contributed by atoms with Crippen LogP contribution in [0.4, 0.5) is 0 Å². The van der Waals surface area contributed by atoms with Crippen LogP contribution < -0.4 is 19.5 Å². The molecule has 3 aromatic rings. The van der Waals surface area contributed by atoms with E-state index in [1.807, 2.05) is 54.1 Å². The van der Waals surface area contributed by atoms with E-state index >= 15 is 0 Å². The van der Waals surface area contributed by atoms with Gasteiger partial charge in [-0.05, 0) is 42.3 Å². The molecular formula is C21H24N2O4. The monoisotopic (exact) mass is 368 g/mol. The number of hydrogen-bond acceptors (Lipinski definition) is 4. The molecule has 1 amide bonds. The lowest BCUT2D eigenvalue weighted by Crippen LogP contribution is -2.27. The smallest absolute Gasteiger partial charge is 0.267 e. The number of nitrogens with zero attached hydrogens (tertiary/aromatic N) is 1. The highest BCUT2D eigenvalue weighted by Crippen LogP contribution is 2.29. The van der Waals surface area contributed by atoms with Crippen LogP contribution in [0.15, 0.2) is 42.5 Å². The van der Waals surface area contributed by atoms with Crippen LogP contribution in [-0.4, -0.2) is 38.3 Å². The van der Waals surface area contributed by atoms with Gasteiger partial charge in [-0.2, -0.15) is 0 Å². The van der Waals surface area contributed by atoms with E-state index in [0.29, 0.717) is 30.2 Å². The molecule has 0 atom stereocenters. The first-order valence-corrected chi connectivity index (χ1v) is 8.70. The number of aromatic nitrogens is 1. The molecule has 0 fully saturated rings. The highest BCUT2D eigenvalue weighted by molar-refractivity contribution is 6.00. The summed E-state index contributed by atoms with van der Waals surface area (Å²) in [5.41, 5.74) is 2.62. The molecule has 0 aliphatic heterocycles. The fraction of sp³-hybridized carbons (Fsp3) is 0.286. The lowest BCUT2D eigenvalue weighted by atomic mass is 10.1. The number of nitrogens with one attached hydrogen (secondary N) is 1. The molecule has 2 aromatic carbocycles. The summed E-state index contributed by atoms with van der Waals surface area (Å²) in [6, 6.07) is 13.4. The highest BCUT2D eigenvalue weighted by atomic mass is 16.5. The van der Waals surface area contributed by atoms with Crippen LogP contribution in [0, 0.1) is 0 Å². The quantitative estimate of drug-likeness (QED) is 0.696. The summed E-state index contributed by atoms with van der Waals surface area (Å²) >= 11 is 0. The Labute approximate surface area is 158 Å². The van der Waals surface area contributed by atoms with E-state index in [0.717, 1.165) is 22.2 Å². The molecule has 6 nitrogen and oxygen atoms in total. The van der Waals surface area contributed by atoms with E-state index < -0.39 is 0 Å². The number of benzene rings is 2. The molecule has 0 spiro atoms. The third-order valence-corrected chi connectivity index (χ3v) is 4.65. The topological polar surface area (TPSA) is 61.7 Å². The standard InChI is InChI=1S/C21H24N2O4/c1-23-16-6-5-7-18(25-2)15(16)13-17(23)21(24)22-11-10-14-8-9-19(26-3)20(12-14)27-4/h5-9,12-13H,10-11H2,1-4H3,(H,22,24). The zero-order valence-corrected chi connectivity index (χ0v) is 16.0. The van der Waals surface area contributed by atoms with Crippen molar-refractivity contribution in [2.24, 2.45) is 7.05 Å². The molecule has 0 radical (unpaired) electrons. The molecule has 3 rings (SSSR count). The van der Waals surface area contributed by atoms with Crippen molar-refractivity contribution in [2.45, 2.75) is 6.42 Å². The van der Waals surface area contributed by atoms with Crippen molar-refractivity contribution in [1.82, 2.24) is 9.88 Å². The lowest BCUT2D eigenvalue weighted by molar-refractivity contribution is 0.0946. The summed E-state index contributed by atoms with van der Waals surface area (Å²) in [5, 5.41) is 3.90. The van der Waals surface area contributed by atoms with Crippen molar-refractivity contribution in [3.8, 4) is 17.2 Å². The second kappa shape index (κ2) is 8.03. The first kappa shape index (κ1) is 18.6. The highest BCUT2D eigenvalue weighted by Gasteiger charge is 2.15.